The van der Waals surface area contributed by atoms with Crippen LogP contribution in [0.5, 0.6) is 11.5 Å². The fourth-order valence-electron chi connectivity index (χ4n) is 4.31. The maximum atomic E-state index is 12.8. The second-order valence-corrected chi connectivity index (χ2v) is 11.3. The van der Waals surface area contributed by atoms with Gasteiger partial charge in [-0.05, 0) is 66.3 Å². The van der Waals surface area contributed by atoms with Gasteiger partial charge < -0.3 is 14.8 Å². The van der Waals surface area contributed by atoms with E-state index in [4.69, 9.17) is 9.47 Å². The van der Waals surface area contributed by atoms with Crippen LogP contribution in [0.3, 0.4) is 0 Å². The van der Waals surface area contributed by atoms with E-state index in [-0.39, 0.29) is 16.7 Å². The zero-order chi connectivity index (χ0) is 27.9. The van der Waals surface area contributed by atoms with Gasteiger partial charge in [-0.25, -0.2) is 0 Å². The summed E-state index contributed by atoms with van der Waals surface area (Å²) in [6.45, 7) is 14.8. The van der Waals surface area contributed by atoms with Gasteiger partial charge in [0, 0.05) is 24.7 Å². The molecule has 2 aromatic carbocycles. The molecule has 0 bridgehead atoms. The lowest BCUT2D eigenvalue weighted by Gasteiger charge is -2.30. The van der Waals surface area contributed by atoms with Crippen molar-refractivity contribution < 1.29 is 14.3 Å². The Kier molecular flexibility index (Phi) is 9.64. The molecule has 1 N–H and O–H groups in total. The predicted octanol–water partition coefficient (Wildman–Crippen LogP) is 7.06. The van der Waals surface area contributed by atoms with Crippen molar-refractivity contribution in [2.24, 2.45) is 7.05 Å². The number of carbonyl (C=O) groups excluding carboxylic acids is 1. The van der Waals surface area contributed by atoms with Crippen molar-refractivity contribution >= 4 is 5.91 Å². The van der Waals surface area contributed by atoms with E-state index < -0.39 is 0 Å². The number of nitrogens with zero attached hydrogens (tertiary/aromatic N) is 2. The van der Waals surface area contributed by atoms with Gasteiger partial charge in [0.05, 0.1) is 19.4 Å². The van der Waals surface area contributed by atoms with E-state index in [0.717, 1.165) is 48.4 Å². The number of hydrogen-bond donors (Lipinski definition) is 1. The number of methoxy groups -OCH3 is 1. The third-order valence-corrected chi connectivity index (χ3v) is 7.85. The number of hydrogen-bond acceptors (Lipinski definition) is 4. The molecule has 3 aromatic rings. The van der Waals surface area contributed by atoms with Gasteiger partial charge >= 0.3 is 0 Å². The van der Waals surface area contributed by atoms with Gasteiger partial charge in [-0.1, -0.05) is 65.8 Å². The van der Waals surface area contributed by atoms with E-state index in [9.17, 15) is 4.79 Å². The number of unbranched alkanes of at least 4 members (excludes halogenated alkanes) is 1. The first kappa shape index (κ1) is 29.3. The van der Waals surface area contributed by atoms with Crippen LogP contribution in [0.1, 0.15) is 88.8 Å². The molecule has 0 aliphatic rings. The van der Waals surface area contributed by atoms with Crippen molar-refractivity contribution in [1.82, 2.24) is 15.1 Å². The summed E-state index contributed by atoms with van der Waals surface area (Å²) in [4.78, 5) is 12.8. The predicted molar refractivity (Wildman–Crippen MR) is 155 cm³/mol. The Morgan fingerprint density at radius 2 is 1.71 bits per heavy atom. The molecule has 1 aromatic heterocycles. The highest BCUT2D eigenvalue weighted by Gasteiger charge is 2.26. The van der Waals surface area contributed by atoms with Crippen molar-refractivity contribution in [2.45, 2.75) is 78.1 Å². The van der Waals surface area contributed by atoms with Crippen molar-refractivity contribution in [3.63, 3.8) is 0 Å². The molecule has 0 fully saturated rings. The zero-order valence-corrected chi connectivity index (χ0v) is 24.5. The van der Waals surface area contributed by atoms with Gasteiger partial charge in [0.1, 0.15) is 17.2 Å². The molecule has 6 heteroatoms. The molecule has 0 saturated heterocycles. The van der Waals surface area contributed by atoms with Crippen LogP contribution >= 0.6 is 0 Å². The van der Waals surface area contributed by atoms with E-state index >= 15 is 0 Å². The van der Waals surface area contributed by atoms with Gasteiger partial charge in [-0.15, -0.1) is 0 Å². The number of rotatable bonds is 13. The van der Waals surface area contributed by atoms with Crippen molar-refractivity contribution in [3.05, 3.63) is 65.4 Å². The maximum Gasteiger partial charge on any atom is 0.269 e. The van der Waals surface area contributed by atoms with Crippen LogP contribution in [-0.4, -0.2) is 35.9 Å². The standard InChI is InChI=1S/C32H45N3O3/c1-9-31(3,4)24-16-17-29(26(21-24)32(5,6)10-2)38-19-12-11-18-33-30(36)28-22-27(34-35(28)7)23-14-13-15-25(20-23)37-8/h13-17,20-22H,9-12,18-19H2,1-8H3,(H,33,36). The Morgan fingerprint density at radius 3 is 2.39 bits per heavy atom. The number of nitrogens with one attached hydrogen (secondary N) is 1. The van der Waals surface area contributed by atoms with E-state index in [2.05, 4.69) is 70.2 Å². The Hall–Kier alpha value is -3.28. The van der Waals surface area contributed by atoms with Crippen molar-refractivity contribution in [1.29, 1.82) is 0 Å². The Morgan fingerprint density at radius 1 is 0.974 bits per heavy atom. The monoisotopic (exact) mass is 519 g/mol. The number of benzene rings is 2. The molecule has 1 heterocycles. The van der Waals surface area contributed by atoms with Gasteiger partial charge in [0.15, 0.2) is 0 Å². The summed E-state index contributed by atoms with van der Waals surface area (Å²) in [5.74, 6) is 1.60. The van der Waals surface area contributed by atoms with E-state index in [1.54, 1.807) is 18.8 Å². The molecule has 206 valence electrons. The first-order valence-electron chi connectivity index (χ1n) is 13.8. The fourth-order valence-corrected chi connectivity index (χ4v) is 4.31. The molecule has 1 amide bonds. The fraction of sp³-hybridized carbons (Fsp3) is 0.500. The minimum absolute atomic E-state index is 0.0377. The number of aryl methyl sites for hydroxylation is 1. The molecular weight excluding hydrogens is 474 g/mol. The average molecular weight is 520 g/mol. The second kappa shape index (κ2) is 12.5. The summed E-state index contributed by atoms with van der Waals surface area (Å²) in [7, 11) is 3.42. The second-order valence-electron chi connectivity index (χ2n) is 11.3. The van der Waals surface area contributed by atoms with Gasteiger partial charge in [-0.2, -0.15) is 5.10 Å². The minimum atomic E-state index is -0.129. The van der Waals surface area contributed by atoms with Gasteiger partial charge in [0.25, 0.3) is 5.91 Å². The highest BCUT2D eigenvalue weighted by molar-refractivity contribution is 5.93. The molecule has 6 nitrogen and oxygen atoms in total. The highest BCUT2D eigenvalue weighted by Crippen LogP contribution is 2.38. The lowest BCUT2D eigenvalue weighted by molar-refractivity contribution is 0.0943. The Labute approximate surface area is 228 Å². The van der Waals surface area contributed by atoms with Crippen LogP contribution in [-0.2, 0) is 17.9 Å². The molecule has 0 unspecified atom stereocenters. The number of carbonyl (C=O) groups is 1. The zero-order valence-electron chi connectivity index (χ0n) is 24.5. The van der Waals surface area contributed by atoms with E-state index in [0.29, 0.717) is 18.8 Å². The van der Waals surface area contributed by atoms with Crippen LogP contribution in [0.2, 0.25) is 0 Å². The molecule has 0 saturated carbocycles. The highest BCUT2D eigenvalue weighted by atomic mass is 16.5. The molecule has 0 spiro atoms. The topological polar surface area (TPSA) is 65.4 Å². The lowest BCUT2D eigenvalue weighted by Crippen LogP contribution is -2.26. The summed E-state index contributed by atoms with van der Waals surface area (Å²) >= 11 is 0. The summed E-state index contributed by atoms with van der Waals surface area (Å²) in [5.41, 5.74) is 4.98. The third kappa shape index (κ3) is 6.97. The van der Waals surface area contributed by atoms with Crippen LogP contribution in [0.15, 0.2) is 48.5 Å². The van der Waals surface area contributed by atoms with Crippen LogP contribution in [0.25, 0.3) is 11.3 Å². The number of aromatic nitrogens is 2. The number of amides is 1. The average Bonchev–Trinajstić information content (AvgIpc) is 3.32. The summed E-state index contributed by atoms with van der Waals surface area (Å²) in [5, 5.41) is 7.53. The molecule has 3 rings (SSSR count). The molecule has 0 aliphatic carbocycles. The largest absolute Gasteiger partial charge is 0.497 e. The van der Waals surface area contributed by atoms with E-state index in [1.165, 1.54) is 11.1 Å². The summed E-state index contributed by atoms with van der Waals surface area (Å²) < 4.78 is 13.2. The van der Waals surface area contributed by atoms with Crippen molar-refractivity contribution in [3.8, 4) is 22.8 Å². The maximum absolute atomic E-state index is 12.8. The molecule has 0 atom stereocenters. The molecular formula is C32H45N3O3. The Balaban J connectivity index is 1.54. The normalized spacial score (nSPS) is 11.9. The SMILES string of the molecule is CCC(C)(C)c1ccc(OCCCCNC(=O)c2cc(-c3cccc(OC)c3)nn2C)c(C(C)(C)CC)c1. The smallest absolute Gasteiger partial charge is 0.269 e. The Bertz CT molecular complexity index is 1230. The lowest BCUT2D eigenvalue weighted by atomic mass is 9.76. The minimum Gasteiger partial charge on any atom is -0.497 e. The first-order chi connectivity index (χ1) is 18.0. The molecule has 0 radical (unpaired) electrons. The third-order valence-electron chi connectivity index (χ3n) is 7.85. The van der Waals surface area contributed by atoms with E-state index in [1.807, 2.05) is 30.3 Å². The summed E-state index contributed by atoms with van der Waals surface area (Å²) in [6, 6.07) is 16.2. The number of ether oxygens (including phenoxy) is 2. The molecule has 38 heavy (non-hydrogen) atoms. The van der Waals surface area contributed by atoms with Crippen LogP contribution in [0.4, 0.5) is 0 Å². The summed E-state index contributed by atoms with van der Waals surface area (Å²) in [6.07, 6.45) is 3.82. The quantitative estimate of drug-likeness (QED) is 0.246. The van der Waals surface area contributed by atoms with Crippen LogP contribution in [0, 0.1) is 0 Å². The van der Waals surface area contributed by atoms with Gasteiger partial charge in [-0.3, -0.25) is 9.48 Å². The first-order valence-corrected chi connectivity index (χ1v) is 13.8. The molecule has 0 aliphatic heterocycles. The van der Waals surface area contributed by atoms with Crippen LogP contribution < -0.4 is 14.8 Å². The van der Waals surface area contributed by atoms with Crippen molar-refractivity contribution in [2.75, 3.05) is 20.3 Å². The van der Waals surface area contributed by atoms with Gasteiger partial charge in [0.2, 0.25) is 0 Å².